The van der Waals surface area contributed by atoms with Crippen LogP contribution in [0.2, 0.25) is 0 Å². The Bertz CT molecular complexity index is 1160. The number of anilines is 2. The molecule has 1 aromatic heterocycles. The first-order valence-electron chi connectivity index (χ1n) is 9.65. The van der Waals surface area contributed by atoms with Gasteiger partial charge in [0.15, 0.2) is 0 Å². The fraction of sp³-hybridized carbons (Fsp3) is 0.238. The van der Waals surface area contributed by atoms with Gasteiger partial charge in [0, 0.05) is 15.7 Å². The molecule has 0 spiro atoms. The molecule has 1 unspecified atom stereocenters. The summed E-state index contributed by atoms with van der Waals surface area (Å²) in [5, 5.41) is 18.0. The van der Waals surface area contributed by atoms with Crippen molar-refractivity contribution >= 4 is 33.5 Å². The van der Waals surface area contributed by atoms with Gasteiger partial charge in [0.05, 0.1) is 25.0 Å². The van der Waals surface area contributed by atoms with E-state index in [4.69, 9.17) is 9.47 Å². The van der Waals surface area contributed by atoms with Crippen molar-refractivity contribution in [1.29, 1.82) is 0 Å². The smallest absolute Gasteiger partial charge is 0.255 e. The number of hydrogen-bond donors (Lipinski definition) is 2. The number of para-hydroxylation sites is 2. The first kappa shape index (κ1) is 20.9. The third kappa shape index (κ3) is 3.98. The number of carbonyl (C=O) groups excluding carboxylic acids is 1. The minimum Gasteiger partial charge on any atom is -0.496 e. The summed E-state index contributed by atoms with van der Waals surface area (Å²) < 4.78 is 13.6. The SMILES string of the molecule is CCOc1ccccc1NC(=O)C1=C(C)Nc2nnnn2C1c1cc(Br)ccc1OC. The Morgan fingerprint density at radius 2 is 2.06 bits per heavy atom. The Balaban J connectivity index is 1.80. The normalized spacial score (nSPS) is 15.2. The molecule has 3 aromatic rings. The maximum absolute atomic E-state index is 13.5. The molecule has 2 aromatic carbocycles. The number of halogens is 1. The maximum Gasteiger partial charge on any atom is 0.255 e. The number of fused-ring (bicyclic) bond motifs is 1. The number of allylic oxidation sites excluding steroid dienone is 1. The second kappa shape index (κ2) is 8.76. The summed E-state index contributed by atoms with van der Waals surface area (Å²) in [6.45, 7) is 4.20. The molecule has 1 amide bonds. The standard InChI is InChI=1S/C21H21BrN6O3/c1-4-31-17-8-6-5-7-15(17)24-20(29)18-12(2)23-21-25-26-27-28(21)19(18)14-11-13(22)9-10-16(14)30-3/h5-11,19H,4H2,1-3H3,(H,24,29)(H,23,25,27). The molecule has 160 valence electrons. The lowest BCUT2D eigenvalue weighted by Crippen LogP contribution is -2.32. The van der Waals surface area contributed by atoms with E-state index in [2.05, 4.69) is 42.1 Å². The van der Waals surface area contributed by atoms with E-state index in [0.29, 0.717) is 41.0 Å². The Hall–Kier alpha value is -3.40. The summed E-state index contributed by atoms with van der Waals surface area (Å²) in [6, 6.07) is 12.3. The van der Waals surface area contributed by atoms with Gasteiger partial charge < -0.3 is 20.1 Å². The lowest BCUT2D eigenvalue weighted by atomic mass is 9.94. The van der Waals surface area contributed by atoms with Crippen molar-refractivity contribution in [1.82, 2.24) is 20.2 Å². The van der Waals surface area contributed by atoms with Gasteiger partial charge in [-0.05, 0) is 54.6 Å². The summed E-state index contributed by atoms with van der Waals surface area (Å²) in [5.41, 5.74) is 2.43. The molecular weight excluding hydrogens is 464 g/mol. The van der Waals surface area contributed by atoms with Crippen molar-refractivity contribution in [3.05, 3.63) is 63.8 Å². The summed E-state index contributed by atoms with van der Waals surface area (Å²) in [6.07, 6.45) is 0. The second-order valence-electron chi connectivity index (χ2n) is 6.78. The molecule has 31 heavy (non-hydrogen) atoms. The van der Waals surface area contributed by atoms with Crippen LogP contribution >= 0.6 is 15.9 Å². The quantitative estimate of drug-likeness (QED) is 0.548. The van der Waals surface area contributed by atoms with Gasteiger partial charge in [0.2, 0.25) is 5.95 Å². The number of rotatable bonds is 6. The average Bonchev–Trinajstić information content (AvgIpc) is 3.22. The van der Waals surface area contributed by atoms with E-state index in [9.17, 15) is 4.79 Å². The van der Waals surface area contributed by atoms with Crippen LogP contribution in [-0.2, 0) is 4.79 Å². The fourth-order valence-electron chi connectivity index (χ4n) is 3.55. The number of nitrogens with zero attached hydrogens (tertiary/aromatic N) is 4. The van der Waals surface area contributed by atoms with Gasteiger partial charge in [-0.25, -0.2) is 0 Å². The Kier molecular flexibility index (Phi) is 5.90. The van der Waals surface area contributed by atoms with Crippen LogP contribution in [0.5, 0.6) is 11.5 Å². The number of benzene rings is 2. The molecule has 0 radical (unpaired) electrons. The monoisotopic (exact) mass is 484 g/mol. The van der Waals surface area contributed by atoms with E-state index >= 15 is 0 Å². The van der Waals surface area contributed by atoms with E-state index < -0.39 is 6.04 Å². The molecule has 1 aliphatic rings. The first-order valence-corrected chi connectivity index (χ1v) is 10.4. The number of ether oxygens (including phenoxy) is 2. The molecule has 0 saturated carbocycles. The zero-order valence-corrected chi connectivity index (χ0v) is 18.8. The van der Waals surface area contributed by atoms with E-state index in [1.54, 1.807) is 17.9 Å². The molecule has 0 saturated heterocycles. The highest BCUT2D eigenvalue weighted by atomic mass is 79.9. The number of aromatic nitrogens is 4. The molecule has 1 aliphatic heterocycles. The molecular formula is C21H21BrN6O3. The number of carbonyl (C=O) groups is 1. The number of hydrogen-bond acceptors (Lipinski definition) is 7. The molecule has 0 bridgehead atoms. The van der Waals surface area contributed by atoms with Crippen molar-refractivity contribution < 1.29 is 14.3 Å². The highest BCUT2D eigenvalue weighted by molar-refractivity contribution is 9.10. The maximum atomic E-state index is 13.5. The van der Waals surface area contributed by atoms with Gasteiger partial charge >= 0.3 is 0 Å². The molecule has 4 rings (SSSR count). The van der Waals surface area contributed by atoms with Crippen LogP contribution in [0.1, 0.15) is 25.5 Å². The summed E-state index contributed by atoms with van der Waals surface area (Å²) >= 11 is 3.51. The van der Waals surface area contributed by atoms with Gasteiger partial charge in [-0.15, -0.1) is 0 Å². The average molecular weight is 485 g/mol. The van der Waals surface area contributed by atoms with Crippen LogP contribution in [0.4, 0.5) is 11.6 Å². The Morgan fingerprint density at radius 1 is 1.26 bits per heavy atom. The molecule has 2 N–H and O–H groups in total. The first-order chi connectivity index (χ1) is 15.0. The number of amides is 1. The van der Waals surface area contributed by atoms with Crippen LogP contribution in [-0.4, -0.2) is 39.8 Å². The van der Waals surface area contributed by atoms with Crippen LogP contribution in [0.25, 0.3) is 0 Å². The van der Waals surface area contributed by atoms with Crippen LogP contribution in [0.3, 0.4) is 0 Å². The Labute approximate surface area is 187 Å². The van der Waals surface area contributed by atoms with E-state index in [1.807, 2.05) is 50.2 Å². The van der Waals surface area contributed by atoms with Gasteiger partial charge in [0.1, 0.15) is 17.5 Å². The van der Waals surface area contributed by atoms with Crippen LogP contribution in [0.15, 0.2) is 58.2 Å². The van der Waals surface area contributed by atoms with Crippen molar-refractivity contribution in [2.45, 2.75) is 19.9 Å². The number of tetrazole rings is 1. The molecule has 1 atom stereocenters. The van der Waals surface area contributed by atoms with E-state index in [-0.39, 0.29) is 5.91 Å². The van der Waals surface area contributed by atoms with E-state index in [1.165, 1.54) is 0 Å². The molecule has 10 heteroatoms. The highest BCUT2D eigenvalue weighted by Crippen LogP contribution is 2.40. The molecule has 9 nitrogen and oxygen atoms in total. The third-order valence-electron chi connectivity index (χ3n) is 4.88. The summed E-state index contributed by atoms with van der Waals surface area (Å²) in [5.74, 6) is 1.35. The van der Waals surface area contributed by atoms with Crippen LogP contribution in [0, 0.1) is 0 Å². The Morgan fingerprint density at radius 3 is 2.84 bits per heavy atom. The lowest BCUT2D eigenvalue weighted by Gasteiger charge is -2.29. The zero-order chi connectivity index (χ0) is 22.0. The zero-order valence-electron chi connectivity index (χ0n) is 17.2. The van der Waals surface area contributed by atoms with Crippen molar-refractivity contribution in [2.75, 3.05) is 24.4 Å². The minimum atomic E-state index is -0.599. The predicted octanol–water partition coefficient (Wildman–Crippen LogP) is 3.77. The molecule has 2 heterocycles. The molecule has 0 fully saturated rings. The second-order valence-corrected chi connectivity index (χ2v) is 7.70. The number of methoxy groups -OCH3 is 1. The van der Waals surface area contributed by atoms with E-state index in [0.717, 1.165) is 10.0 Å². The summed E-state index contributed by atoms with van der Waals surface area (Å²) in [7, 11) is 1.59. The minimum absolute atomic E-state index is 0.301. The largest absolute Gasteiger partial charge is 0.496 e. The highest BCUT2D eigenvalue weighted by Gasteiger charge is 2.36. The number of nitrogens with one attached hydrogen (secondary N) is 2. The van der Waals surface area contributed by atoms with Gasteiger partial charge in [0.25, 0.3) is 5.91 Å². The van der Waals surface area contributed by atoms with Gasteiger partial charge in [-0.1, -0.05) is 33.2 Å². The van der Waals surface area contributed by atoms with Crippen molar-refractivity contribution in [3.8, 4) is 11.5 Å². The molecule has 0 aliphatic carbocycles. The van der Waals surface area contributed by atoms with Crippen molar-refractivity contribution in [3.63, 3.8) is 0 Å². The van der Waals surface area contributed by atoms with Gasteiger partial charge in [-0.3, -0.25) is 4.79 Å². The summed E-state index contributed by atoms with van der Waals surface area (Å²) in [4.78, 5) is 13.5. The van der Waals surface area contributed by atoms with Crippen molar-refractivity contribution in [2.24, 2.45) is 0 Å². The fourth-order valence-corrected chi connectivity index (χ4v) is 3.93. The van der Waals surface area contributed by atoms with Crippen LogP contribution < -0.4 is 20.1 Å². The van der Waals surface area contributed by atoms with Gasteiger partial charge in [-0.2, -0.15) is 4.68 Å². The topological polar surface area (TPSA) is 103 Å². The lowest BCUT2D eigenvalue weighted by molar-refractivity contribution is -0.113. The predicted molar refractivity (Wildman–Crippen MR) is 119 cm³/mol. The third-order valence-corrected chi connectivity index (χ3v) is 5.37.